The van der Waals surface area contributed by atoms with Crippen LogP contribution in [-0.4, -0.2) is 9.49 Å². The number of aromatic nitrogens is 1. The Hall–Kier alpha value is -2.14. The van der Waals surface area contributed by atoms with Gasteiger partial charge in [-0.1, -0.05) is 12.1 Å². The summed E-state index contributed by atoms with van der Waals surface area (Å²) in [7, 11) is 0. The number of non-ortho nitro benzene ring substituents is 1. The van der Waals surface area contributed by atoms with Crippen LogP contribution in [0, 0.1) is 10.1 Å². The molecule has 1 aromatic carbocycles. The summed E-state index contributed by atoms with van der Waals surface area (Å²) in [5.74, 6) is 0. The predicted octanol–water partition coefficient (Wildman–Crippen LogP) is 3.85. The largest absolute Gasteiger partial charge is 0.342 e. The van der Waals surface area contributed by atoms with Gasteiger partial charge in [-0.2, -0.15) is 11.3 Å². The van der Waals surface area contributed by atoms with Gasteiger partial charge in [0.05, 0.1) is 4.92 Å². The number of hydrogen-bond donors (Lipinski definition) is 0. The average Bonchev–Trinajstić information content (AvgIpc) is 3.05. The molecule has 96 valence electrons. The minimum absolute atomic E-state index is 0.174. The molecule has 3 aromatic rings. The summed E-state index contributed by atoms with van der Waals surface area (Å²) in [5, 5.41) is 16.2. The Morgan fingerprint density at radius 1 is 1.26 bits per heavy atom. The standard InChI is InChI=1S/C14H12N2O2S/c17-16(18)13-3-1-2-12-5-8-15(14(12)13)7-4-11-6-9-19-10-11/h1-3,5-6,8-10H,4,7H2. The molecular weight excluding hydrogens is 260 g/mol. The van der Waals surface area contributed by atoms with E-state index in [-0.39, 0.29) is 10.6 Å². The van der Waals surface area contributed by atoms with E-state index in [2.05, 4.69) is 11.4 Å². The maximum Gasteiger partial charge on any atom is 0.293 e. The average molecular weight is 272 g/mol. The van der Waals surface area contributed by atoms with Crippen molar-refractivity contribution in [2.75, 3.05) is 0 Å². The molecule has 0 fully saturated rings. The minimum atomic E-state index is -0.316. The van der Waals surface area contributed by atoms with Crippen LogP contribution in [-0.2, 0) is 13.0 Å². The maximum absolute atomic E-state index is 11.1. The molecular formula is C14H12N2O2S. The third-order valence-corrected chi connectivity index (χ3v) is 3.92. The van der Waals surface area contributed by atoms with Crippen molar-refractivity contribution in [1.82, 2.24) is 4.57 Å². The van der Waals surface area contributed by atoms with Gasteiger partial charge in [0.25, 0.3) is 5.69 Å². The van der Waals surface area contributed by atoms with Crippen molar-refractivity contribution in [1.29, 1.82) is 0 Å². The second kappa shape index (κ2) is 4.85. The van der Waals surface area contributed by atoms with Crippen LogP contribution in [0.25, 0.3) is 10.9 Å². The summed E-state index contributed by atoms with van der Waals surface area (Å²) in [6.45, 7) is 0.755. The van der Waals surface area contributed by atoms with Crippen molar-refractivity contribution in [3.63, 3.8) is 0 Å². The zero-order chi connectivity index (χ0) is 13.2. The summed E-state index contributed by atoms with van der Waals surface area (Å²) < 4.78 is 1.96. The number of rotatable bonds is 4. The number of hydrogen-bond acceptors (Lipinski definition) is 3. The van der Waals surface area contributed by atoms with Gasteiger partial charge in [-0.05, 0) is 34.9 Å². The molecule has 0 N–H and O–H groups in total. The fraction of sp³-hybridized carbons (Fsp3) is 0.143. The molecule has 2 aromatic heterocycles. The fourth-order valence-electron chi connectivity index (χ4n) is 2.26. The number of nitrogens with zero attached hydrogens (tertiary/aromatic N) is 2. The SMILES string of the molecule is O=[N+]([O-])c1cccc2ccn(CCc3ccsc3)c12. The van der Waals surface area contributed by atoms with Gasteiger partial charge >= 0.3 is 0 Å². The highest BCUT2D eigenvalue weighted by Gasteiger charge is 2.14. The molecule has 0 amide bonds. The Kier molecular flexibility index (Phi) is 3.05. The van der Waals surface area contributed by atoms with Crippen LogP contribution in [0.1, 0.15) is 5.56 Å². The molecule has 0 saturated carbocycles. The van der Waals surface area contributed by atoms with E-state index in [4.69, 9.17) is 0 Å². The number of nitro groups is 1. The Bertz CT molecular complexity index is 716. The summed E-state index contributed by atoms with van der Waals surface area (Å²) in [6.07, 6.45) is 2.81. The lowest BCUT2D eigenvalue weighted by Gasteiger charge is -2.05. The Labute approximate surface area is 114 Å². The highest BCUT2D eigenvalue weighted by Crippen LogP contribution is 2.26. The third kappa shape index (κ3) is 2.24. The summed E-state index contributed by atoms with van der Waals surface area (Å²) >= 11 is 1.67. The van der Waals surface area contributed by atoms with Gasteiger partial charge in [0.15, 0.2) is 0 Å². The van der Waals surface area contributed by atoms with Gasteiger partial charge in [-0.25, -0.2) is 0 Å². The topological polar surface area (TPSA) is 48.1 Å². The number of thiophene rings is 1. The molecule has 0 spiro atoms. The van der Waals surface area contributed by atoms with E-state index in [0.717, 1.165) is 18.4 Å². The second-order valence-corrected chi connectivity index (χ2v) is 5.14. The number of benzene rings is 1. The van der Waals surface area contributed by atoms with Crippen molar-refractivity contribution in [3.05, 3.63) is 63.0 Å². The summed E-state index contributed by atoms with van der Waals surface area (Å²) in [5.41, 5.74) is 2.15. The lowest BCUT2D eigenvalue weighted by molar-refractivity contribution is -0.383. The van der Waals surface area contributed by atoms with E-state index in [1.807, 2.05) is 28.3 Å². The number of fused-ring (bicyclic) bond motifs is 1. The van der Waals surface area contributed by atoms with Crippen molar-refractivity contribution in [3.8, 4) is 0 Å². The molecule has 2 heterocycles. The first-order valence-electron chi connectivity index (χ1n) is 5.99. The predicted molar refractivity (Wildman–Crippen MR) is 76.6 cm³/mol. The fourth-order valence-corrected chi connectivity index (χ4v) is 2.96. The van der Waals surface area contributed by atoms with Crippen molar-refractivity contribution in [2.24, 2.45) is 0 Å². The van der Waals surface area contributed by atoms with Crippen molar-refractivity contribution < 1.29 is 4.92 Å². The Balaban J connectivity index is 1.97. The third-order valence-electron chi connectivity index (χ3n) is 3.19. The normalized spacial score (nSPS) is 10.9. The molecule has 0 bridgehead atoms. The number of aryl methyl sites for hydroxylation is 2. The Morgan fingerprint density at radius 2 is 2.16 bits per heavy atom. The Morgan fingerprint density at radius 3 is 2.89 bits per heavy atom. The van der Waals surface area contributed by atoms with Crippen LogP contribution in [0.5, 0.6) is 0 Å². The zero-order valence-electron chi connectivity index (χ0n) is 10.2. The zero-order valence-corrected chi connectivity index (χ0v) is 11.0. The molecule has 4 nitrogen and oxygen atoms in total. The molecule has 0 unspecified atom stereocenters. The highest BCUT2D eigenvalue weighted by atomic mass is 32.1. The molecule has 3 rings (SSSR count). The molecule has 0 saturated heterocycles. The van der Waals surface area contributed by atoms with Gasteiger partial charge in [0, 0.05) is 24.2 Å². The smallest absolute Gasteiger partial charge is 0.293 e. The first-order valence-corrected chi connectivity index (χ1v) is 6.93. The lowest BCUT2D eigenvalue weighted by atomic mass is 10.2. The second-order valence-electron chi connectivity index (χ2n) is 4.36. The lowest BCUT2D eigenvalue weighted by Crippen LogP contribution is -2.01. The van der Waals surface area contributed by atoms with Crippen LogP contribution in [0.15, 0.2) is 47.3 Å². The van der Waals surface area contributed by atoms with Crippen LogP contribution < -0.4 is 0 Å². The number of para-hydroxylation sites is 1. The molecule has 0 aliphatic rings. The van der Waals surface area contributed by atoms with Crippen molar-refractivity contribution in [2.45, 2.75) is 13.0 Å². The summed E-state index contributed by atoms with van der Waals surface area (Å²) in [6, 6.07) is 9.21. The van der Waals surface area contributed by atoms with Gasteiger partial charge in [-0.3, -0.25) is 10.1 Å². The van der Waals surface area contributed by atoms with E-state index in [9.17, 15) is 10.1 Å². The molecule has 0 aliphatic carbocycles. The van der Waals surface area contributed by atoms with E-state index >= 15 is 0 Å². The van der Waals surface area contributed by atoms with Gasteiger partial charge < -0.3 is 4.57 Å². The quantitative estimate of drug-likeness (QED) is 0.535. The van der Waals surface area contributed by atoms with Gasteiger partial charge in [0.2, 0.25) is 0 Å². The van der Waals surface area contributed by atoms with Crippen LogP contribution in [0.2, 0.25) is 0 Å². The van der Waals surface area contributed by atoms with Crippen molar-refractivity contribution >= 4 is 27.9 Å². The van der Waals surface area contributed by atoms with E-state index < -0.39 is 0 Å². The van der Waals surface area contributed by atoms with E-state index in [1.165, 1.54) is 5.56 Å². The maximum atomic E-state index is 11.1. The van der Waals surface area contributed by atoms with Crippen LogP contribution in [0.4, 0.5) is 5.69 Å². The minimum Gasteiger partial charge on any atom is -0.342 e. The van der Waals surface area contributed by atoms with E-state index in [0.29, 0.717) is 5.52 Å². The monoisotopic (exact) mass is 272 g/mol. The van der Waals surface area contributed by atoms with E-state index in [1.54, 1.807) is 23.5 Å². The van der Waals surface area contributed by atoms with Gasteiger partial charge in [-0.15, -0.1) is 0 Å². The first kappa shape index (κ1) is 11.9. The highest BCUT2D eigenvalue weighted by molar-refractivity contribution is 7.07. The molecule has 0 atom stereocenters. The molecule has 0 aliphatic heterocycles. The van der Waals surface area contributed by atoms with Gasteiger partial charge in [0.1, 0.15) is 5.52 Å². The number of nitro benzene ring substituents is 1. The molecule has 19 heavy (non-hydrogen) atoms. The molecule has 0 radical (unpaired) electrons. The van der Waals surface area contributed by atoms with Crippen LogP contribution >= 0.6 is 11.3 Å². The van der Waals surface area contributed by atoms with Crippen LogP contribution in [0.3, 0.4) is 0 Å². The first-order chi connectivity index (χ1) is 9.25. The molecule has 5 heteroatoms. The summed E-state index contributed by atoms with van der Waals surface area (Å²) in [4.78, 5) is 10.8.